The summed E-state index contributed by atoms with van der Waals surface area (Å²) in [6.45, 7) is 4.82. The van der Waals surface area contributed by atoms with Gasteiger partial charge in [0.05, 0.1) is 17.4 Å². The molecule has 0 bridgehead atoms. The largest absolute Gasteiger partial charge is 0.371 e. The molecule has 3 rings (SSSR count). The summed E-state index contributed by atoms with van der Waals surface area (Å²) in [5, 5.41) is 5.46. The molecule has 1 aromatic rings. The Morgan fingerprint density at radius 3 is 2.88 bits per heavy atom. The van der Waals surface area contributed by atoms with Crippen LogP contribution < -0.4 is 5.32 Å². The van der Waals surface area contributed by atoms with E-state index in [9.17, 15) is 0 Å². The highest BCUT2D eigenvalue weighted by Gasteiger charge is 2.24. The molecule has 0 saturated carbocycles. The van der Waals surface area contributed by atoms with E-state index in [1.165, 1.54) is 11.1 Å². The number of amidine groups is 1. The van der Waals surface area contributed by atoms with E-state index in [0.29, 0.717) is 0 Å². The van der Waals surface area contributed by atoms with Gasteiger partial charge in [0.2, 0.25) is 0 Å². The van der Waals surface area contributed by atoms with Gasteiger partial charge in [0.25, 0.3) is 0 Å². The van der Waals surface area contributed by atoms with Gasteiger partial charge in [-0.05, 0) is 10.9 Å². The Bertz CT molecular complexity index is 419. The molecule has 0 spiro atoms. The molecule has 3 heterocycles. The van der Waals surface area contributed by atoms with Gasteiger partial charge in [-0.15, -0.1) is 36.2 Å². The second-order valence-electron chi connectivity index (χ2n) is 3.91. The fraction of sp³-hybridized carbons (Fsp3) is 0.500. The van der Waals surface area contributed by atoms with Crippen molar-refractivity contribution in [3.8, 4) is 0 Å². The molecule has 0 aromatic carbocycles. The lowest BCUT2D eigenvalue weighted by Gasteiger charge is -2.14. The van der Waals surface area contributed by atoms with Gasteiger partial charge in [0.15, 0.2) is 0 Å². The standard InChI is InChI=1S/C10H12ClN3S.2ClH/c11-10-8-4-14(3-7(8)6-15-10)5-9-12-1-2-13-9;;/h6H,1-5H2,(H,12,13);2*1H. The molecule has 1 aromatic heterocycles. The van der Waals surface area contributed by atoms with Crippen LogP contribution in [0.1, 0.15) is 11.1 Å². The molecule has 96 valence electrons. The maximum Gasteiger partial charge on any atom is 0.111 e. The minimum Gasteiger partial charge on any atom is -0.371 e. The summed E-state index contributed by atoms with van der Waals surface area (Å²) in [4.78, 5) is 6.78. The molecule has 0 aliphatic carbocycles. The van der Waals surface area contributed by atoms with Crippen LogP contribution in [0.5, 0.6) is 0 Å². The van der Waals surface area contributed by atoms with E-state index in [-0.39, 0.29) is 24.8 Å². The zero-order valence-electron chi connectivity index (χ0n) is 9.11. The quantitative estimate of drug-likeness (QED) is 0.908. The van der Waals surface area contributed by atoms with Crippen molar-refractivity contribution in [2.75, 3.05) is 19.6 Å². The second kappa shape index (κ2) is 6.25. The maximum atomic E-state index is 6.11. The minimum atomic E-state index is 0. The van der Waals surface area contributed by atoms with Crippen LogP contribution in [0.3, 0.4) is 0 Å². The number of fused-ring (bicyclic) bond motifs is 1. The number of nitrogens with zero attached hydrogens (tertiary/aromatic N) is 2. The summed E-state index contributed by atoms with van der Waals surface area (Å²) in [5.74, 6) is 1.12. The highest BCUT2D eigenvalue weighted by Crippen LogP contribution is 2.34. The van der Waals surface area contributed by atoms with Crippen molar-refractivity contribution in [3.63, 3.8) is 0 Å². The SMILES string of the molecule is Cl.Cl.Clc1scc2c1CN(CC1=NCCN1)C2. The van der Waals surface area contributed by atoms with E-state index in [0.717, 1.165) is 42.9 Å². The summed E-state index contributed by atoms with van der Waals surface area (Å²) in [6.07, 6.45) is 0. The van der Waals surface area contributed by atoms with E-state index < -0.39 is 0 Å². The predicted octanol–water partition coefficient (Wildman–Crippen LogP) is 2.56. The number of rotatable bonds is 2. The van der Waals surface area contributed by atoms with Gasteiger partial charge in [-0.2, -0.15) is 0 Å². The molecular formula is C10H14Cl3N3S. The summed E-state index contributed by atoms with van der Waals surface area (Å²) in [6, 6.07) is 0. The van der Waals surface area contributed by atoms with E-state index in [1.54, 1.807) is 11.3 Å². The van der Waals surface area contributed by atoms with Crippen molar-refractivity contribution in [1.82, 2.24) is 10.2 Å². The van der Waals surface area contributed by atoms with E-state index >= 15 is 0 Å². The third kappa shape index (κ3) is 3.06. The monoisotopic (exact) mass is 313 g/mol. The molecule has 0 unspecified atom stereocenters. The Labute approximate surface area is 122 Å². The smallest absolute Gasteiger partial charge is 0.111 e. The Morgan fingerprint density at radius 2 is 2.24 bits per heavy atom. The third-order valence-electron chi connectivity index (χ3n) is 2.82. The fourth-order valence-electron chi connectivity index (χ4n) is 2.08. The van der Waals surface area contributed by atoms with Crippen LogP contribution in [0.15, 0.2) is 10.4 Å². The molecular weight excluding hydrogens is 301 g/mol. The number of aliphatic imine (C=N–C) groups is 1. The number of hydrogen-bond donors (Lipinski definition) is 1. The van der Waals surface area contributed by atoms with Crippen LogP contribution in [-0.4, -0.2) is 30.4 Å². The Kier molecular flexibility index (Phi) is 5.54. The average Bonchev–Trinajstić information content (AvgIpc) is 2.88. The second-order valence-corrected chi connectivity index (χ2v) is 5.40. The minimum absolute atomic E-state index is 0. The van der Waals surface area contributed by atoms with Gasteiger partial charge in [-0.1, -0.05) is 11.6 Å². The molecule has 0 saturated heterocycles. The first-order chi connectivity index (χ1) is 7.33. The highest BCUT2D eigenvalue weighted by molar-refractivity contribution is 7.14. The van der Waals surface area contributed by atoms with Gasteiger partial charge in [0, 0.05) is 25.2 Å². The van der Waals surface area contributed by atoms with Crippen LogP contribution >= 0.6 is 47.8 Å². The lowest BCUT2D eigenvalue weighted by atomic mass is 10.2. The lowest BCUT2D eigenvalue weighted by molar-refractivity contribution is 0.324. The molecule has 2 aliphatic heterocycles. The summed E-state index contributed by atoms with van der Waals surface area (Å²) < 4.78 is 0.953. The first-order valence-corrected chi connectivity index (χ1v) is 6.33. The molecule has 0 atom stereocenters. The van der Waals surface area contributed by atoms with Crippen molar-refractivity contribution in [2.24, 2.45) is 4.99 Å². The normalized spacial score (nSPS) is 17.8. The molecule has 0 amide bonds. The highest BCUT2D eigenvalue weighted by atomic mass is 35.5. The van der Waals surface area contributed by atoms with Gasteiger partial charge in [0.1, 0.15) is 5.84 Å². The Hall–Kier alpha value is -0.000000000000000222. The van der Waals surface area contributed by atoms with Crippen LogP contribution in [0.4, 0.5) is 0 Å². The van der Waals surface area contributed by atoms with Crippen molar-refractivity contribution in [2.45, 2.75) is 13.1 Å². The fourth-order valence-corrected chi connectivity index (χ4v) is 3.20. The number of halogens is 3. The van der Waals surface area contributed by atoms with Crippen molar-refractivity contribution < 1.29 is 0 Å². The molecule has 0 radical (unpaired) electrons. The van der Waals surface area contributed by atoms with Crippen LogP contribution in [0, 0.1) is 0 Å². The van der Waals surface area contributed by atoms with E-state index in [1.807, 2.05) is 0 Å². The van der Waals surface area contributed by atoms with Crippen LogP contribution in [0.25, 0.3) is 0 Å². The number of hydrogen-bond acceptors (Lipinski definition) is 4. The molecule has 17 heavy (non-hydrogen) atoms. The molecule has 0 fully saturated rings. The van der Waals surface area contributed by atoms with Crippen LogP contribution in [0.2, 0.25) is 4.34 Å². The summed E-state index contributed by atoms with van der Waals surface area (Å²) >= 11 is 7.76. The van der Waals surface area contributed by atoms with Gasteiger partial charge >= 0.3 is 0 Å². The summed E-state index contributed by atoms with van der Waals surface area (Å²) in [7, 11) is 0. The molecule has 1 N–H and O–H groups in total. The topological polar surface area (TPSA) is 27.6 Å². The Morgan fingerprint density at radius 1 is 1.41 bits per heavy atom. The van der Waals surface area contributed by atoms with Crippen molar-refractivity contribution in [3.05, 3.63) is 20.8 Å². The van der Waals surface area contributed by atoms with Gasteiger partial charge in [-0.3, -0.25) is 9.89 Å². The van der Waals surface area contributed by atoms with Gasteiger partial charge < -0.3 is 5.32 Å². The van der Waals surface area contributed by atoms with Crippen molar-refractivity contribution in [1.29, 1.82) is 0 Å². The van der Waals surface area contributed by atoms with Crippen LogP contribution in [-0.2, 0) is 13.1 Å². The molecule has 7 heteroatoms. The first kappa shape index (κ1) is 15.1. The molecule has 2 aliphatic rings. The van der Waals surface area contributed by atoms with E-state index in [2.05, 4.69) is 20.6 Å². The average molecular weight is 315 g/mol. The first-order valence-electron chi connectivity index (χ1n) is 5.07. The zero-order valence-corrected chi connectivity index (χ0v) is 12.3. The summed E-state index contributed by atoms with van der Waals surface area (Å²) in [5.41, 5.74) is 2.71. The predicted molar refractivity (Wildman–Crippen MR) is 78.2 cm³/mol. The number of thiophene rings is 1. The lowest BCUT2D eigenvalue weighted by Crippen LogP contribution is -2.31. The zero-order chi connectivity index (χ0) is 10.3. The maximum absolute atomic E-state index is 6.11. The molecule has 3 nitrogen and oxygen atoms in total. The number of nitrogens with one attached hydrogen (secondary N) is 1. The Balaban J connectivity index is 0.000000722. The third-order valence-corrected chi connectivity index (χ3v) is 4.17. The van der Waals surface area contributed by atoms with Crippen molar-refractivity contribution >= 4 is 53.6 Å². The van der Waals surface area contributed by atoms with Gasteiger partial charge in [-0.25, -0.2) is 0 Å². The van der Waals surface area contributed by atoms with E-state index in [4.69, 9.17) is 11.6 Å².